The lowest BCUT2D eigenvalue weighted by Gasteiger charge is -2.17. The zero-order chi connectivity index (χ0) is 27.4. The molecule has 0 bridgehead atoms. The molecule has 0 saturated heterocycles. The summed E-state index contributed by atoms with van der Waals surface area (Å²) < 4.78 is 24.7. The molecule has 0 aliphatic rings. The van der Waals surface area contributed by atoms with E-state index < -0.39 is 11.8 Å². The molecule has 3 aromatic carbocycles. The van der Waals surface area contributed by atoms with E-state index in [0.717, 1.165) is 23.0 Å². The van der Waals surface area contributed by atoms with Crippen molar-refractivity contribution in [2.75, 3.05) is 40.3 Å². The normalized spacial score (nSPS) is 11.6. The number of anilines is 1. The van der Waals surface area contributed by atoms with Gasteiger partial charge in [-0.1, -0.05) is 18.2 Å². The van der Waals surface area contributed by atoms with E-state index in [2.05, 4.69) is 8.75 Å². The molecule has 0 saturated carbocycles. The van der Waals surface area contributed by atoms with Gasteiger partial charge in [0.05, 0.1) is 38.6 Å². The highest BCUT2D eigenvalue weighted by Crippen LogP contribution is 2.39. The lowest BCUT2D eigenvalue weighted by molar-refractivity contribution is -0.130. The number of carboxylic acid groups (broad SMARTS) is 1. The number of carboxylic acids is 1. The van der Waals surface area contributed by atoms with Crippen LogP contribution in [0.25, 0.3) is 16.6 Å². The number of nitrogens with zero attached hydrogens (tertiary/aromatic N) is 3. The summed E-state index contributed by atoms with van der Waals surface area (Å²) in [4.78, 5) is 28.8. The second kappa shape index (κ2) is 11.3. The number of Topliss-reactive ketones (excluding diaryl/α,β-unsaturated/α-hetero) is 1. The minimum absolute atomic E-state index is 0.0815. The highest BCUT2D eigenvalue weighted by molar-refractivity contribution is 7.00. The van der Waals surface area contributed by atoms with Crippen LogP contribution in [0.15, 0.2) is 60.2 Å². The molecular weight excluding hydrogens is 506 g/mol. The zero-order valence-corrected chi connectivity index (χ0v) is 22.5. The number of benzene rings is 3. The first-order valence-electron chi connectivity index (χ1n) is 11.6. The summed E-state index contributed by atoms with van der Waals surface area (Å²) in [6, 6.07) is 15.6. The van der Waals surface area contributed by atoms with Crippen LogP contribution in [0.2, 0.25) is 0 Å². The third-order valence-corrected chi connectivity index (χ3v) is 6.65. The Morgan fingerprint density at radius 2 is 1.47 bits per heavy atom. The molecule has 1 heterocycles. The van der Waals surface area contributed by atoms with Gasteiger partial charge in [0, 0.05) is 37.3 Å². The number of ketones is 1. The smallest absolute Gasteiger partial charge is 0.336 e. The van der Waals surface area contributed by atoms with Crippen LogP contribution in [0.4, 0.5) is 5.69 Å². The highest BCUT2D eigenvalue weighted by Gasteiger charge is 2.26. The molecule has 0 spiro atoms. The topological polar surface area (TPSA) is 111 Å². The molecule has 0 aliphatic heterocycles. The van der Waals surface area contributed by atoms with Crippen molar-refractivity contribution >= 4 is 45.8 Å². The van der Waals surface area contributed by atoms with Gasteiger partial charge in [0.1, 0.15) is 11.0 Å². The minimum atomic E-state index is -1.23. The number of methoxy groups -OCH3 is 3. The highest BCUT2D eigenvalue weighted by atomic mass is 32.1. The molecule has 38 heavy (non-hydrogen) atoms. The fourth-order valence-electron chi connectivity index (χ4n) is 4.15. The van der Waals surface area contributed by atoms with E-state index >= 15 is 0 Å². The quantitative estimate of drug-likeness (QED) is 0.228. The Kier molecular flexibility index (Phi) is 7.92. The maximum Gasteiger partial charge on any atom is 0.336 e. The van der Waals surface area contributed by atoms with Gasteiger partial charge in [0.2, 0.25) is 5.75 Å². The van der Waals surface area contributed by atoms with Gasteiger partial charge in [-0.15, -0.1) is 0 Å². The van der Waals surface area contributed by atoms with Gasteiger partial charge in [0.15, 0.2) is 17.3 Å². The summed E-state index contributed by atoms with van der Waals surface area (Å²) in [6.45, 7) is 0. The van der Waals surface area contributed by atoms with E-state index in [-0.39, 0.29) is 34.6 Å². The van der Waals surface area contributed by atoms with Crippen molar-refractivity contribution in [3.05, 3.63) is 76.9 Å². The molecule has 10 heteroatoms. The molecule has 9 nitrogen and oxygen atoms in total. The van der Waals surface area contributed by atoms with Crippen LogP contribution in [0, 0.1) is 0 Å². The van der Waals surface area contributed by atoms with Crippen molar-refractivity contribution in [2.45, 2.75) is 6.42 Å². The SMILES string of the molecule is COc1cc(C(=O)/C(Cc2ccc(N(C)C)cc2)=C(/C(=O)O)c2ccc3nsnc3c2)cc(OC)c1OC. The first kappa shape index (κ1) is 26.6. The Hall–Kier alpha value is -4.44. The number of carbonyl (C=O) groups excluding carboxylic acids is 1. The Labute approximate surface area is 224 Å². The molecule has 0 aliphatic carbocycles. The van der Waals surface area contributed by atoms with E-state index in [1.54, 1.807) is 18.2 Å². The molecule has 4 rings (SSSR count). The van der Waals surface area contributed by atoms with Crippen molar-refractivity contribution in [2.24, 2.45) is 0 Å². The van der Waals surface area contributed by atoms with Crippen LogP contribution in [-0.4, -0.2) is 61.0 Å². The molecule has 0 amide bonds. The summed E-state index contributed by atoms with van der Waals surface area (Å²) in [5.41, 5.74) is 3.52. The third-order valence-electron chi connectivity index (χ3n) is 6.09. The van der Waals surface area contributed by atoms with Crippen LogP contribution < -0.4 is 19.1 Å². The Balaban J connectivity index is 1.93. The Bertz CT molecular complexity index is 1500. The molecule has 0 unspecified atom stereocenters. The van der Waals surface area contributed by atoms with E-state index in [1.807, 2.05) is 43.3 Å². The summed E-state index contributed by atoms with van der Waals surface area (Å²) in [5.74, 6) is -0.798. The fourth-order valence-corrected chi connectivity index (χ4v) is 4.67. The van der Waals surface area contributed by atoms with E-state index in [9.17, 15) is 14.7 Å². The van der Waals surface area contributed by atoms with Crippen molar-refractivity contribution in [1.82, 2.24) is 8.75 Å². The predicted octanol–water partition coefficient (Wildman–Crippen LogP) is 4.75. The number of hydrogen-bond acceptors (Lipinski definition) is 9. The van der Waals surface area contributed by atoms with Gasteiger partial charge in [0.25, 0.3) is 0 Å². The standard InChI is InChI=1S/C28H27N3O6S/c1-31(2)19-9-6-16(7-10-19)12-20(25(28(33)34)17-8-11-21-22(13-17)30-38-29-21)26(32)18-14-23(35-3)27(37-5)24(15-18)36-4/h6-11,13-15H,12H2,1-5H3,(H,33,34)/b25-20+. The summed E-state index contributed by atoms with van der Waals surface area (Å²) in [7, 11) is 8.24. The van der Waals surface area contributed by atoms with Gasteiger partial charge < -0.3 is 24.2 Å². The zero-order valence-electron chi connectivity index (χ0n) is 21.6. The first-order chi connectivity index (χ1) is 18.3. The number of ether oxygens (including phenoxy) is 3. The van der Waals surface area contributed by atoms with Crippen molar-refractivity contribution in [3.8, 4) is 17.2 Å². The lowest BCUT2D eigenvalue weighted by atomic mass is 9.89. The van der Waals surface area contributed by atoms with Crippen LogP contribution in [0.1, 0.15) is 21.5 Å². The van der Waals surface area contributed by atoms with Gasteiger partial charge in [-0.05, 0) is 47.5 Å². The number of fused-ring (bicyclic) bond motifs is 1. The molecule has 0 atom stereocenters. The van der Waals surface area contributed by atoms with E-state index in [1.165, 1.54) is 33.5 Å². The second-order valence-electron chi connectivity index (χ2n) is 8.61. The van der Waals surface area contributed by atoms with Crippen LogP contribution in [0.3, 0.4) is 0 Å². The summed E-state index contributed by atoms with van der Waals surface area (Å²) in [6.07, 6.45) is 0.0815. The Morgan fingerprint density at radius 1 is 0.842 bits per heavy atom. The lowest BCUT2D eigenvalue weighted by Crippen LogP contribution is -2.15. The molecule has 1 N–H and O–H groups in total. The molecule has 0 radical (unpaired) electrons. The first-order valence-corrected chi connectivity index (χ1v) is 12.3. The molecule has 196 valence electrons. The van der Waals surface area contributed by atoms with Crippen molar-refractivity contribution in [3.63, 3.8) is 0 Å². The number of aromatic nitrogens is 2. The minimum Gasteiger partial charge on any atom is -0.493 e. The van der Waals surface area contributed by atoms with Crippen LogP contribution in [-0.2, 0) is 11.2 Å². The molecule has 1 aromatic heterocycles. The summed E-state index contributed by atoms with van der Waals surface area (Å²) >= 11 is 1.04. The maximum atomic E-state index is 14.1. The average Bonchev–Trinajstić information content (AvgIpc) is 3.39. The van der Waals surface area contributed by atoms with Gasteiger partial charge in [-0.25, -0.2) is 4.79 Å². The van der Waals surface area contributed by atoms with E-state index in [4.69, 9.17) is 14.2 Å². The second-order valence-corrected chi connectivity index (χ2v) is 9.14. The number of aliphatic carboxylic acids is 1. The molecule has 4 aromatic rings. The monoisotopic (exact) mass is 533 g/mol. The predicted molar refractivity (Wildman–Crippen MR) is 147 cm³/mol. The molecule has 0 fully saturated rings. The van der Waals surface area contributed by atoms with Crippen molar-refractivity contribution in [1.29, 1.82) is 0 Å². The summed E-state index contributed by atoms with van der Waals surface area (Å²) in [5, 5.41) is 10.4. The number of carbonyl (C=O) groups is 2. The Morgan fingerprint density at radius 3 is 2.03 bits per heavy atom. The number of rotatable bonds is 10. The van der Waals surface area contributed by atoms with Gasteiger partial charge in [-0.3, -0.25) is 4.79 Å². The molecular formula is C28H27N3O6S. The average molecular weight is 534 g/mol. The van der Waals surface area contributed by atoms with Crippen LogP contribution >= 0.6 is 11.7 Å². The maximum absolute atomic E-state index is 14.1. The number of allylic oxidation sites excluding steroid dienone is 1. The largest absolute Gasteiger partial charge is 0.493 e. The fraction of sp³-hybridized carbons (Fsp3) is 0.214. The van der Waals surface area contributed by atoms with Crippen molar-refractivity contribution < 1.29 is 28.9 Å². The van der Waals surface area contributed by atoms with Crippen LogP contribution in [0.5, 0.6) is 17.2 Å². The van der Waals surface area contributed by atoms with E-state index in [0.29, 0.717) is 22.3 Å². The third kappa shape index (κ3) is 5.30. The van der Waals surface area contributed by atoms with Gasteiger partial charge >= 0.3 is 5.97 Å². The van der Waals surface area contributed by atoms with Gasteiger partial charge in [-0.2, -0.15) is 8.75 Å². The number of hydrogen-bond donors (Lipinski definition) is 1.